The van der Waals surface area contributed by atoms with E-state index in [9.17, 15) is 8.42 Å². The highest BCUT2D eigenvalue weighted by Gasteiger charge is 2.29. The molecule has 2 heterocycles. The highest BCUT2D eigenvalue weighted by atomic mass is 79.9. The van der Waals surface area contributed by atoms with Crippen LogP contribution in [0.3, 0.4) is 0 Å². The molecule has 0 aliphatic carbocycles. The van der Waals surface area contributed by atoms with Crippen LogP contribution in [0.4, 0.5) is 5.69 Å². The molecule has 3 rings (SSSR count). The van der Waals surface area contributed by atoms with Gasteiger partial charge in [0.2, 0.25) is 0 Å². The number of anilines is 1. The second-order valence-corrected chi connectivity index (χ2v) is 8.83. The molecule has 0 bridgehead atoms. The van der Waals surface area contributed by atoms with Crippen molar-refractivity contribution in [1.29, 1.82) is 0 Å². The van der Waals surface area contributed by atoms with Crippen molar-refractivity contribution >= 4 is 43.0 Å². The largest absolute Gasteiger partial charge is 0.369 e. The number of hydrogen-bond donors (Lipinski definition) is 0. The monoisotopic (exact) mass is 386 g/mol. The lowest BCUT2D eigenvalue weighted by molar-refractivity contribution is 0.386. The highest BCUT2D eigenvalue weighted by molar-refractivity contribution is 9.10. The average Bonchev–Trinajstić information content (AvgIpc) is 3.03. The van der Waals surface area contributed by atoms with Crippen LogP contribution in [0.1, 0.15) is 0 Å². The molecular weight excluding hydrogens is 372 g/mol. The van der Waals surface area contributed by atoms with Gasteiger partial charge in [-0.25, -0.2) is 8.42 Å². The quantitative estimate of drug-likeness (QED) is 0.813. The van der Waals surface area contributed by atoms with E-state index in [-0.39, 0.29) is 0 Å². The van der Waals surface area contributed by atoms with Crippen LogP contribution >= 0.6 is 27.3 Å². The van der Waals surface area contributed by atoms with Crippen LogP contribution in [0.15, 0.2) is 50.5 Å². The fourth-order valence-electron chi connectivity index (χ4n) is 2.38. The maximum absolute atomic E-state index is 12.4. The van der Waals surface area contributed by atoms with Gasteiger partial charge < -0.3 is 4.90 Å². The molecule has 21 heavy (non-hydrogen) atoms. The first kappa shape index (κ1) is 15.0. The number of halogens is 1. The van der Waals surface area contributed by atoms with Crippen LogP contribution in [0.25, 0.3) is 0 Å². The van der Waals surface area contributed by atoms with Crippen molar-refractivity contribution in [2.24, 2.45) is 0 Å². The second-order valence-electron chi connectivity index (χ2n) is 4.80. The zero-order valence-corrected chi connectivity index (χ0v) is 14.5. The fourth-order valence-corrected chi connectivity index (χ4v) is 5.21. The minimum Gasteiger partial charge on any atom is -0.369 e. The minimum atomic E-state index is -3.31. The first-order valence-electron chi connectivity index (χ1n) is 6.61. The first-order chi connectivity index (χ1) is 10.1. The Morgan fingerprint density at radius 1 is 1.00 bits per heavy atom. The summed E-state index contributed by atoms with van der Waals surface area (Å²) in [6, 6.07) is 11.5. The van der Waals surface area contributed by atoms with E-state index in [2.05, 4.69) is 20.8 Å². The van der Waals surface area contributed by atoms with Gasteiger partial charge in [0.05, 0.1) is 0 Å². The van der Waals surface area contributed by atoms with Gasteiger partial charge in [-0.1, -0.05) is 22.0 Å². The second kappa shape index (κ2) is 6.08. The number of hydrogen-bond acceptors (Lipinski definition) is 4. The highest BCUT2D eigenvalue weighted by Crippen LogP contribution is 2.24. The van der Waals surface area contributed by atoms with Crippen molar-refractivity contribution in [1.82, 2.24) is 4.31 Å². The molecule has 1 aliphatic heterocycles. The van der Waals surface area contributed by atoms with E-state index in [1.54, 1.807) is 21.8 Å². The third kappa shape index (κ3) is 3.15. The Labute approximate surface area is 137 Å². The van der Waals surface area contributed by atoms with Crippen LogP contribution in [0, 0.1) is 0 Å². The van der Waals surface area contributed by atoms with Crippen LogP contribution in [0.5, 0.6) is 0 Å². The molecule has 7 heteroatoms. The summed E-state index contributed by atoms with van der Waals surface area (Å²) in [5.41, 5.74) is 1.13. The number of thiophene rings is 1. The average molecular weight is 387 g/mol. The van der Waals surface area contributed by atoms with E-state index >= 15 is 0 Å². The number of nitrogens with zero attached hydrogens (tertiary/aromatic N) is 2. The maximum atomic E-state index is 12.4. The van der Waals surface area contributed by atoms with E-state index in [1.165, 1.54) is 11.3 Å². The molecule has 4 nitrogen and oxygen atoms in total. The van der Waals surface area contributed by atoms with Crippen molar-refractivity contribution in [3.63, 3.8) is 0 Å². The molecule has 0 N–H and O–H groups in total. The van der Waals surface area contributed by atoms with Gasteiger partial charge in [0.15, 0.2) is 0 Å². The van der Waals surface area contributed by atoms with Gasteiger partial charge in [-0.3, -0.25) is 0 Å². The molecule has 2 aromatic rings. The Kier molecular flexibility index (Phi) is 4.35. The Balaban J connectivity index is 1.69. The lowest BCUT2D eigenvalue weighted by atomic mass is 10.2. The minimum absolute atomic E-state index is 0.430. The molecule has 1 aromatic carbocycles. The maximum Gasteiger partial charge on any atom is 0.252 e. The van der Waals surface area contributed by atoms with Crippen LogP contribution < -0.4 is 4.90 Å². The molecular formula is C14H15BrN2O2S2. The van der Waals surface area contributed by atoms with Gasteiger partial charge in [0.1, 0.15) is 4.21 Å². The normalized spacial score (nSPS) is 17.1. The molecule has 1 aliphatic rings. The van der Waals surface area contributed by atoms with Crippen molar-refractivity contribution in [2.75, 3.05) is 31.1 Å². The Hall–Kier alpha value is -0.890. The van der Waals surface area contributed by atoms with E-state index < -0.39 is 10.0 Å². The summed E-state index contributed by atoms with van der Waals surface area (Å²) in [7, 11) is -3.31. The molecule has 1 aromatic heterocycles. The number of benzene rings is 1. The van der Waals surface area contributed by atoms with Gasteiger partial charge in [0, 0.05) is 36.3 Å². The Morgan fingerprint density at radius 2 is 1.67 bits per heavy atom. The fraction of sp³-hybridized carbons (Fsp3) is 0.286. The van der Waals surface area contributed by atoms with Gasteiger partial charge >= 0.3 is 0 Å². The number of piperazine rings is 1. The molecule has 112 valence electrons. The van der Waals surface area contributed by atoms with Crippen LogP contribution in [0.2, 0.25) is 0 Å². The molecule has 0 amide bonds. The van der Waals surface area contributed by atoms with Crippen molar-refractivity contribution in [3.8, 4) is 0 Å². The van der Waals surface area contributed by atoms with E-state index in [0.717, 1.165) is 10.2 Å². The SMILES string of the molecule is O=S(=O)(c1cccs1)N1CCN(c2ccc(Br)cc2)CC1. The summed E-state index contributed by atoms with van der Waals surface area (Å²) in [5.74, 6) is 0. The zero-order valence-electron chi connectivity index (χ0n) is 11.3. The summed E-state index contributed by atoms with van der Waals surface area (Å²) in [6.45, 7) is 2.48. The number of rotatable bonds is 3. The summed E-state index contributed by atoms with van der Waals surface area (Å²) in [4.78, 5) is 2.22. The van der Waals surface area contributed by atoms with Gasteiger partial charge in [-0.15, -0.1) is 11.3 Å². The van der Waals surface area contributed by atoms with Gasteiger partial charge in [0.25, 0.3) is 10.0 Å². The zero-order chi connectivity index (χ0) is 14.9. The van der Waals surface area contributed by atoms with Crippen molar-refractivity contribution in [2.45, 2.75) is 4.21 Å². The molecule has 0 saturated carbocycles. The summed E-state index contributed by atoms with van der Waals surface area (Å²) < 4.78 is 27.9. The lowest BCUT2D eigenvalue weighted by Gasteiger charge is -2.35. The predicted molar refractivity (Wildman–Crippen MR) is 89.4 cm³/mol. The standard InChI is InChI=1S/C14H15BrN2O2S2/c15-12-3-5-13(6-4-12)16-7-9-17(10-8-16)21(18,19)14-2-1-11-20-14/h1-6,11H,7-10H2. The molecule has 0 radical (unpaired) electrons. The lowest BCUT2D eigenvalue weighted by Crippen LogP contribution is -2.48. The summed E-state index contributed by atoms with van der Waals surface area (Å²) >= 11 is 4.70. The van der Waals surface area contributed by atoms with Crippen LogP contribution in [-0.4, -0.2) is 38.9 Å². The topological polar surface area (TPSA) is 40.6 Å². The Bertz CT molecular complexity index is 691. The predicted octanol–water partition coefficient (Wildman–Crippen LogP) is 3.02. The molecule has 1 saturated heterocycles. The van der Waals surface area contributed by atoms with E-state index in [1.807, 2.05) is 24.3 Å². The third-order valence-corrected chi connectivity index (χ3v) is 7.32. The van der Waals surface area contributed by atoms with E-state index in [4.69, 9.17) is 0 Å². The molecule has 0 spiro atoms. The third-order valence-electron chi connectivity index (χ3n) is 3.52. The van der Waals surface area contributed by atoms with E-state index in [0.29, 0.717) is 30.4 Å². The van der Waals surface area contributed by atoms with Crippen molar-refractivity contribution < 1.29 is 8.42 Å². The molecule has 0 unspecified atom stereocenters. The molecule has 0 atom stereocenters. The van der Waals surface area contributed by atoms with Gasteiger partial charge in [-0.2, -0.15) is 4.31 Å². The van der Waals surface area contributed by atoms with Gasteiger partial charge in [-0.05, 0) is 35.7 Å². The Morgan fingerprint density at radius 3 is 2.24 bits per heavy atom. The molecule has 1 fully saturated rings. The smallest absolute Gasteiger partial charge is 0.252 e. The first-order valence-corrected chi connectivity index (χ1v) is 9.73. The summed E-state index contributed by atoms with van der Waals surface area (Å²) in [6.07, 6.45) is 0. The summed E-state index contributed by atoms with van der Waals surface area (Å²) in [5, 5.41) is 1.80. The number of sulfonamides is 1. The van der Waals surface area contributed by atoms with Crippen molar-refractivity contribution in [3.05, 3.63) is 46.3 Å². The van der Waals surface area contributed by atoms with Crippen LogP contribution in [-0.2, 0) is 10.0 Å².